The van der Waals surface area contributed by atoms with Crippen molar-refractivity contribution in [1.29, 1.82) is 0 Å². The fraction of sp³-hybridized carbons (Fsp3) is 0.403. The number of likely N-dealkylation sites (tertiary alicyclic amines) is 1. The lowest BCUT2D eigenvalue weighted by Gasteiger charge is -2.30. The van der Waals surface area contributed by atoms with Crippen molar-refractivity contribution < 1.29 is 78.2 Å². The number of unbranched alkanes of at least 4 members (excludes halogenated alkanes) is 5. The summed E-state index contributed by atoms with van der Waals surface area (Å²) in [6.07, 6.45) is 11.3. The Morgan fingerprint density at radius 2 is 1.21 bits per heavy atom. The molecule has 2 heterocycles. The summed E-state index contributed by atoms with van der Waals surface area (Å²) in [5.74, 6) is -7.60. The number of ketones is 2. The second kappa shape index (κ2) is 33.6. The lowest BCUT2D eigenvalue weighted by Crippen LogP contribution is -2.42. The number of carboxylic acids is 5. The van der Waals surface area contributed by atoms with Crippen molar-refractivity contribution in [2.75, 3.05) is 26.2 Å². The summed E-state index contributed by atoms with van der Waals surface area (Å²) in [6, 6.07) is 34.0. The van der Waals surface area contributed by atoms with Crippen LogP contribution in [0.4, 0.5) is 4.79 Å². The van der Waals surface area contributed by atoms with E-state index in [2.05, 4.69) is 41.4 Å². The normalized spacial score (nSPS) is 14.4. The highest BCUT2D eigenvalue weighted by molar-refractivity contribution is 6.28. The molecule has 0 radical (unpaired) electrons. The van der Waals surface area contributed by atoms with Crippen LogP contribution in [0.3, 0.4) is 0 Å². The van der Waals surface area contributed by atoms with Crippen LogP contribution in [0.25, 0.3) is 22.0 Å². The second-order valence-corrected chi connectivity index (χ2v) is 22.4. The number of nitrogens with one attached hydrogen (secondary N) is 1. The third-order valence-electron chi connectivity index (χ3n) is 14.8. The number of hydrogen-bond acceptors (Lipinski definition) is 13. The van der Waals surface area contributed by atoms with Crippen molar-refractivity contribution in [3.05, 3.63) is 160 Å². The van der Waals surface area contributed by atoms with Crippen LogP contribution >= 0.6 is 0 Å². The molecule has 6 aromatic rings. The first-order valence-electron chi connectivity index (χ1n) is 29.5. The van der Waals surface area contributed by atoms with Gasteiger partial charge in [-0.05, 0) is 112 Å². The number of piperidine rings is 1. The van der Waals surface area contributed by atoms with Gasteiger partial charge in [0, 0.05) is 46.6 Å². The number of carbonyl (C=O) groups is 9. The average Bonchev–Trinajstić information content (AvgIpc) is 2.01. The molecule has 2 aliphatic carbocycles. The number of rotatable bonds is 20. The highest BCUT2D eigenvalue weighted by Crippen LogP contribution is 2.44. The summed E-state index contributed by atoms with van der Waals surface area (Å²) < 4.78 is 10.6. The molecule has 3 atom stereocenters. The van der Waals surface area contributed by atoms with Gasteiger partial charge < -0.3 is 45.6 Å². The maximum absolute atomic E-state index is 12.5. The maximum atomic E-state index is 12.5. The molecule has 20 heteroatoms. The molecule has 9 rings (SSSR count). The molecule has 5 aromatic carbocycles. The largest absolute Gasteiger partial charge is 0.481 e. The van der Waals surface area contributed by atoms with Crippen molar-refractivity contribution in [2.45, 2.75) is 130 Å². The minimum Gasteiger partial charge on any atom is -0.481 e. The first kappa shape index (κ1) is 68.7. The van der Waals surface area contributed by atoms with Crippen molar-refractivity contribution >= 4 is 64.4 Å². The number of aliphatic carboxylic acids is 3. The predicted molar refractivity (Wildman–Crippen MR) is 326 cm³/mol. The van der Waals surface area contributed by atoms with Crippen molar-refractivity contribution in [2.24, 2.45) is 23.5 Å². The number of fused-ring (bicyclic) bond motifs is 6. The molecule has 20 nitrogen and oxygen atoms in total. The molecule has 1 aliphatic heterocycles. The third-order valence-corrected chi connectivity index (χ3v) is 14.8. The van der Waals surface area contributed by atoms with Gasteiger partial charge in [0.05, 0.1) is 22.9 Å². The number of para-hydroxylation sites is 1. The topological polar surface area (TPSA) is 331 Å². The smallest absolute Gasteiger partial charge is 0.409 e. The monoisotopic (exact) mass is 1200 g/mol. The Hall–Kier alpha value is -9.04. The van der Waals surface area contributed by atoms with E-state index < -0.39 is 59.3 Å². The van der Waals surface area contributed by atoms with Crippen LogP contribution in [-0.4, -0.2) is 126 Å². The number of H-pyrrole nitrogens is 1. The van der Waals surface area contributed by atoms with Crippen LogP contribution in [0, 0.1) is 17.8 Å². The first-order chi connectivity index (χ1) is 41.5. The maximum Gasteiger partial charge on any atom is 0.409 e. The molecular formula is C67H80N4O16. The van der Waals surface area contributed by atoms with E-state index >= 15 is 0 Å². The molecule has 0 bridgehead atoms. The van der Waals surface area contributed by atoms with Gasteiger partial charge in [0.15, 0.2) is 23.2 Å². The number of amides is 1. The Bertz CT molecular complexity index is 3320. The van der Waals surface area contributed by atoms with Gasteiger partial charge in [0.2, 0.25) is 0 Å². The predicted octanol–water partition coefficient (Wildman–Crippen LogP) is 12.2. The molecule has 464 valence electrons. The van der Waals surface area contributed by atoms with Gasteiger partial charge in [0.1, 0.15) is 12.2 Å². The summed E-state index contributed by atoms with van der Waals surface area (Å²) in [5, 5.41) is 51.6. The number of ether oxygens (including phenoxy) is 2. The Kier molecular flexibility index (Phi) is 26.5. The molecule has 3 aliphatic rings. The van der Waals surface area contributed by atoms with Gasteiger partial charge in [-0.25, -0.2) is 14.4 Å². The lowest BCUT2D eigenvalue weighted by atomic mass is 9.83. The Morgan fingerprint density at radius 1 is 0.644 bits per heavy atom. The van der Waals surface area contributed by atoms with E-state index in [1.807, 2.05) is 37.3 Å². The highest BCUT2D eigenvalue weighted by atomic mass is 16.6. The Morgan fingerprint density at radius 3 is 1.76 bits per heavy atom. The molecule has 0 spiro atoms. The summed E-state index contributed by atoms with van der Waals surface area (Å²) >= 11 is 0. The Balaban J connectivity index is 0.000000204. The van der Waals surface area contributed by atoms with Crippen LogP contribution < -0.4 is 5.73 Å². The zero-order chi connectivity index (χ0) is 63.8. The highest BCUT2D eigenvalue weighted by Gasteiger charge is 2.34. The van der Waals surface area contributed by atoms with E-state index in [1.165, 1.54) is 71.0 Å². The molecule has 3 unspecified atom stereocenters. The van der Waals surface area contributed by atoms with Gasteiger partial charge in [-0.3, -0.25) is 33.9 Å². The number of aromatic nitrogens is 2. The number of esters is 1. The Labute approximate surface area is 506 Å². The zero-order valence-electron chi connectivity index (χ0n) is 50.0. The molecule has 87 heavy (non-hydrogen) atoms. The third kappa shape index (κ3) is 19.8. The number of nitrogens with two attached hydrogens (primary N) is 1. The standard InChI is InChI=1S/C21H21NO4.C15H8O4.C12H24O2.C11H21NO4.C8H6N2O2/c23-20(24)14-6-5-11-22(12-14)21(25)26-13-19-17-9-3-1-7-15(17)16-8-2-4-10-18(16)19;16-13-9-3-1-2-4-10(9)14(17)12-7-8(15(18)19)5-6-11(12)13;1-3-5-6-7-8-10-11(9-4-2)12(13)14;1-11(2,3)16-10(15)8(9(13)14)6-4-5-7-12;11-8(12)7-5-3-1-2-4-6(5)9-10-7/h1-4,7-10,14,19H,5-6,11-13H2,(H,23,24);1-7H,(H,18,19);11H,3-10H2,1-2H3,(H,13,14);8H,4-7,12H2,1-3H3,(H,13,14);1-4H,(H,9,10)(H,11,12). The SMILES string of the molecule is CC(C)(C)OC(=O)C(CCCCN)C(=O)O.CCCCCCCC(CCC)C(=O)O.O=C(O)C1CCCN(C(=O)OCC2c3ccccc3-c3ccccc32)C1.O=C(O)c1ccc2c(c1)C(=O)c1ccccc1C2=O.O=C(O)c1n[nH]c2ccccc12. The fourth-order valence-corrected chi connectivity index (χ4v) is 10.3. The quantitative estimate of drug-likeness (QED) is 0.0212. The summed E-state index contributed by atoms with van der Waals surface area (Å²) in [5.41, 5.74) is 11.3. The van der Waals surface area contributed by atoms with E-state index in [4.69, 9.17) is 35.6 Å². The van der Waals surface area contributed by atoms with Gasteiger partial charge in [-0.1, -0.05) is 150 Å². The summed E-state index contributed by atoms with van der Waals surface area (Å²) in [4.78, 5) is 104. The van der Waals surface area contributed by atoms with E-state index in [-0.39, 0.29) is 65.4 Å². The van der Waals surface area contributed by atoms with Crippen LogP contribution in [0.1, 0.15) is 188 Å². The first-order valence-corrected chi connectivity index (χ1v) is 29.5. The molecule has 1 fully saturated rings. The fourth-order valence-electron chi connectivity index (χ4n) is 10.3. The average molecular weight is 1200 g/mol. The summed E-state index contributed by atoms with van der Waals surface area (Å²) in [7, 11) is 0. The molecule has 1 saturated heterocycles. The second-order valence-electron chi connectivity index (χ2n) is 22.4. The van der Waals surface area contributed by atoms with Gasteiger partial charge in [-0.15, -0.1) is 0 Å². The van der Waals surface area contributed by atoms with Crippen LogP contribution in [0.2, 0.25) is 0 Å². The lowest BCUT2D eigenvalue weighted by molar-refractivity contribution is -0.167. The van der Waals surface area contributed by atoms with E-state index in [0.717, 1.165) is 31.2 Å². The van der Waals surface area contributed by atoms with Crippen molar-refractivity contribution in [3.63, 3.8) is 0 Å². The molecule has 8 N–H and O–H groups in total. The van der Waals surface area contributed by atoms with Crippen molar-refractivity contribution in [3.8, 4) is 11.1 Å². The van der Waals surface area contributed by atoms with E-state index in [9.17, 15) is 48.3 Å². The number of carbonyl (C=O) groups excluding carboxylic acids is 4. The molecular weight excluding hydrogens is 1120 g/mol. The van der Waals surface area contributed by atoms with Crippen LogP contribution in [-0.2, 0) is 28.7 Å². The van der Waals surface area contributed by atoms with Gasteiger partial charge in [0.25, 0.3) is 0 Å². The zero-order valence-corrected chi connectivity index (χ0v) is 50.0. The number of nitrogens with zero attached hydrogens (tertiary/aromatic N) is 2. The number of carboxylic acid groups (broad SMARTS) is 5. The van der Waals surface area contributed by atoms with Crippen molar-refractivity contribution in [1.82, 2.24) is 15.1 Å². The summed E-state index contributed by atoms with van der Waals surface area (Å²) in [6.45, 7) is 10.9. The van der Waals surface area contributed by atoms with Gasteiger partial charge >= 0.3 is 41.9 Å². The molecule has 0 saturated carbocycles. The van der Waals surface area contributed by atoms with Gasteiger partial charge in [-0.2, -0.15) is 5.10 Å². The minimum absolute atomic E-state index is 0.000666. The van der Waals surface area contributed by atoms with E-state index in [0.29, 0.717) is 55.3 Å². The van der Waals surface area contributed by atoms with Crippen LogP contribution in [0.5, 0.6) is 0 Å². The minimum atomic E-state index is -1.13. The van der Waals surface area contributed by atoms with Crippen LogP contribution in [0.15, 0.2) is 115 Å². The number of hydrogen-bond donors (Lipinski definition) is 7. The number of aromatic carboxylic acids is 2. The number of benzene rings is 5. The molecule has 1 aromatic heterocycles. The number of aromatic amines is 1. The van der Waals surface area contributed by atoms with E-state index in [1.54, 1.807) is 63.2 Å². The molecule has 1 amide bonds.